The van der Waals surface area contributed by atoms with Crippen molar-refractivity contribution in [2.45, 2.75) is 26.3 Å². The molecule has 0 saturated heterocycles. The zero-order valence-electron chi connectivity index (χ0n) is 8.84. The number of halogens is 2. The van der Waals surface area contributed by atoms with Crippen LogP contribution in [0.3, 0.4) is 0 Å². The van der Waals surface area contributed by atoms with Crippen LogP contribution < -0.4 is 10.5 Å². The first-order valence-corrected chi connectivity index (χ1v) is 4.77. The highest BCUT2D eigenvalue weighted by Crippen LogP contribution is 2.22. The highest BCUT2D eigenvalue weighted by molar-refractivity contribution is 5.37. The lowest BCUT2D eigenvalue weighted by molar-refractivity contribution is 0.0815. The van der Waals surface area contributed by atoms with Crippen molar-refractivity contribution < 1.29 is 13.5 Å². The molecule has 0 aliphatic carbocycles. The molecule has 4 heteroatoms. The van der Waals surface area contributed by atoms with E-state index in [4.69, 9.17) is 10.5 Å². The van der Waals surface area contributed by atoms with E-state index in [-0.39, 0.29) is 6.04 Å². The largest absolute Gasteiger partial charge is 0.487 e. The molecule has 0 heterocycles. The fourth-order valence-electron chi connectivity index (χ4n) is 1.27. The maximum absolute atomic E-state index is 11.9. The van der Waals surface area contributed by atoms with Gasteiger partial charge in [0.15, 0.2) is 0 Å². The molecule has 0 bridgehead atoms. The minimum absolute atomic E-state index is 0.0622. The van der Waals surface area contributed by atoms with E-state index in [1.54, 1.807) is 12.1 Å². The molecule has 84 valence electrons. The van der Waals surface area contributed by atoms with Gasteiger partial charge in [0.1, 0.15) is 12.4 Å². The predicted octanol–water partition coefficient (Wildman–Crippen LogP) is 2.66. The van der Waals surface area contributed by atoms with Crippen LogP contribution in [0.2, 0.25) is 0 Å². The average Bonchev–Trinajstić information content (AvgIpc) is 2.15. The summed E-state index contributed by atoms with van der Waals surface area (Å²) in [5.41, 5.74) is 7.49. The minimum Gasteiger partial charge on any atom is -0.487 e. The van der Waals surface area contributed by atoms with Crippen molar-refractivity contribution >= 4 is 0 Å². The third-order valence-electron chi connectivity index (χ3n) is 2.09. The van der Waals surface area contributed by atoms with E-state index < -0.39 is 13.0 Å². The van der Waals surface area contributed by atoms with Gasteiger partial charge in [0.2, 0.25) is 0 Å². The lowest BCUT2D eigenvalue weighted by Crippen LogP contribution is -2.09. The number of hydrogen-bond acceptors (Lipinski definition) is 2. The summed E-state index contributed by atoms with van der Waals surface area (Å²) >= 11 is 0. The van der Waals surface area contributed by atoms with E-state index in [2.05, 4.69) is 0 Å². The molecule has 0 aromatic heterocycles. The third kappa shape index (κ3) is 3.47. The molecule has 15 heavy (non-hydrogen) atoms. The Balaban J connectivity index is 2.75. The lowest BCUT2D eigenvalue weighted by Gasteiger charge is -2.11. The van der Waals surface area contributed by atoms with Gasteiger partial charge in [0.05, 0.1) is 0 Å². The minimum atomic E-state index is -2.45. The zero-order valence-corrected chi connectivity index (χ0v) is 8.84. The first-order chi connectivity index (χ1) is 7.00. The molecule has 0 radical (unpaired) electrons. The third-order valence-corrected chi connectivity index (χ3v) is 2.09. The molecule has 1 atom stereocenters. The highest BCUT2D eigenvalue weighted by Gasteiger charge is 2.07. The summed E-state index contributed by atoms with van der Waals surface area (Å²) in [6, 6.07) is 5.26. The van der Waals surface area contributed by atoms with Crippen molar-refractivity contribution in [1.82, 2.24) is 0 Å². The fourth-order valence-corrected chi connectivity index (χ4v) is 1.27. The normalized spacial score (nSPS) is 12.9. The zero-order chi connectivity index (χ0) is 11.4. The molecule has 2 nitrogen and oxygen atoms in total. The fraction of sp³-hybridized carbons (Fsp3) is 0.455. The number of rotatable bonds is 4. The second-order valence-corrected chi connectivity index (χ2v) is 3.52. The molecule has 1 aromatic rings. The molecular formula is C11H15F2NO. The van der Waals surface area contributed by atoms with E-state index in [1.807, 2.05) is 19.9 Å². The number of aryl methyl sites for hydroxylation is 1. The van der Waals surface area contributed by atoms with Gasteiger partial charge < -0.3 is 10.5 Å². The molecule has 0 saturated carbocycles. The molecule has 2 N–H and O–H groups in total. The second kappa shape index (κ2) is 5.07. The van der Waals surface area contributed by atoms with Crippen LogP contribution in [-0.4, -0.2) is 13.0 Å². The summed E-state index contributed by atoms with van der Waals surface area (Å²) in [6.45, 7) is 3.11. The van der Waals surface area contributed by atoms with E-state index in [9.17, 15) is 8.78 Å². The van der Waals surface area contributed by atoms with E-state index in [0.29, 0.717) is 5.75 Å². The molecule has 0 spiro atoms. The van der Waals surface area contributed by atoms with Gasteiger partial charge in [0.25, 0.3) is 6.43 Å². The van der Waals surface area contributed by atoms with Gasteiger partial charge in [-0.3, -0.25) is 0 Å². The summed E-state index contributed by atoms with van der Waals surface area (Å²) in [7, 11) is 0. The topological polar surface area (TPSA) is 35.2 Å². The van der Waals surface area contributed by atoms with E-state index in [1.165, 1.54) is 0 Å². The average molecular weight is 215 g/mol. The Labute approximate surface area is 88.0 Å². The Kier molecular flexibility index (Phi) is 4.03. The Hall–Kier alpha value is -1.16. The van der Waals surface area contributed by atoms with Crippen molar-refractivity contribution in [3.05, 3.63) is 29.3 Å². The van der Waals surface area contributed by atoms with Crippen LogP contribution in [0.1, 0.15) is 24.1 Å². The maximum Gasteiger partial charge on any atom is 0.272 e. The standard InChI is InChI=1S/C11H15F2NO/c1-7-5-9(8(2)14)3-4-10(7)15-6-11(12)13/h3-5,8,11H,6,14H2,1-2H3. The van der Waals surface area contributed by atoms with Crippen LogP contribution in [0.25, 0.3) is 0 Å². The number of benzene rings is 1. The van der Waals surface area contributed by atoms with Gasteiger partial charge in [-0.1, -0.05) is 12.1 Å². The van der Waals surface area contributed by atoms with E-state index >= 15 is 0 Å². The molecule has 1 rings (SSSR count). The van der Waals surface area contributed by atoms with Crippen molar-refractivity contribution in [3.63, 3.8) is 0 Å². The van der Waals surface area contributed by atoms with Crippen molar-refractivity contribution in [2.24, 2.45) is 5.73 Å². The van der Waals surface area contributed by atoms with Gasteiger partial charge in [-0.05, 0) is 31.0 Å². The SMILES string of the molecule is Cc1cc(C(C)N)ccc1OCC(F)F. The molecule has 0 aliphatic rings. The summed E-state index contributed by atoms with van der Waals surface area (Å²) in [5.74, 6) is 0.486. The van der Waals surface area contributed by atoms with Crippen LogP contribution in [-0.2, 0) is 0 Å². The quantitative estimate of drug-likeness (QED) is 0.838. The molecule has 0 amide bonds. The Bertz CT molecular complexity index is 326. The van der Waals surface area contributed by atoms with E-state index in [0.717, 1.165) is 11.1 Å². The smallest absolute Gasteiger partial charge is 0.272 e. The first-order valence-electron chi connectivity index (χ1n) is 4.77. The molecule has 0 fully saturated rings. The van der Waals surface area contributed by atoms with Gasteiger partial charge in [-0.25, -0.2) is 8.78 Å². The lowest BCUT2D eigenvalue weighted by atomic mass is 10.1. The summed E-state index contributed by atoms with van der Waals surface area (Å²) in [6.07, 6.45) is -2.45. The Morgan fingerprint density at radius 2 is 2.07 bits per heavy atom. The van der Waals surface area contributed by atoms with Crippen LogP contribution in [0.5, 0.6) is 5.75 Å². The molecule has 1 aromatic carbocycles. The van der Waals surface area contributed by atoms with Gasteiger partial charge in [-0.2, -0.15) is 0 Å². The number of hydrogen-bond donors (Lipinski definition) is 1. The van der Waals surface area contributed by atoms with Crippen LogP contribution in [0.15, 0.2) is 18.2 Å². The summed E-state index contributed by atoms with van der Waals surface area (Å²) in [4.78, 5) is 0. The molecule has 1 unspecified atom stereocenters. The van der Waals surface area contributed by atoms with Gasteiger partial charge in [-0.15, -0.1) is 0 Å². The Morgan fingerprint density at radius 3 is 2.53 bits per heavy atom. The van der Waals surface area contributed by atoms with Crippen LogP contribution in [0.4, 0.5) is 8.78 Å². The summed E-state index contributed by atoms with van der Waals surface area (Å²) < 4.78 is 28.8. The van der Waals surface area contributed by atoms with Crippen LogP contribution in [0, 0.1) is 6.92 Å². The first kappa shape index (κ1) is 11.9. The van der Waals surface area contributed by atoms with Gasteiger partial charge >= 0.3 is 0 Å². The van der Waals surface area contributed by atoms with Gasteiger partial charge in [0, 0.05) is 6.04 Å². The maximum atomic E-state index is 11.9. The molecular weight excluding hydrogens is 200 g/mol. The molecule has 0 aliphatic heterocycles. The van der Waals surface area contributed by atoms with Crippen LogP contribution >= 0.6 is 0 Å². The number of alkyl halides is 2. The van der Waals surface area contributed by atoms with Crippen molar-refractivity contribution in [2.75, 3.05) is 6.61 Å². The van der Waals surface area contributed by atoms with Crippen molar-refractivity contribution in [3.8, 4) is 5.75 Å². The Morgan fingerprint density at radius 1 is 1.40 bits per heavy atom. The second-order valence-electron chi connectivity index (χ2n) is 3.52. The monoisotopic (exact) mass is 215 g/mol. The number of ether oxygens (including phenoxy) is 1. The number of nitrogens with two attached hydrogens (primary N) is 1. The highest BCUT2D eigenvalue weighted by atomic mass is 19.3. The predicted molar refractivity (Wildman–Crippen MR) is 55.3 cm³/mol. The summed E-state index contributed by atoms with van der Waals surface area (Å²) in [5, 5.41) is 0. The van der Waals surface area contributed by atoms with Crippen molar-refractivity contribution in [1.29, 1.82) is 0 Å².